The second-order valence-electron chi connectivity index (χ2n) is 15.1. The maximum absolute atomic E-state index is 14.3. The largest absolute Gasteiger partial charge is 0.459 e. The monoisotopic (exact) mass is 638 g/mol. The summed E-state index contributed by atoms with van der Waals surface area (Å²) in [6, 6.07) is 19.9. The van der Waals surface area contributed by atoms with E-state index in [2.05, 4.69) is 48.5 Å². The molecule has 8 aliphatic rings. The standard InChI is InChI=1S/C38H38O7S/c39-35(31-16-30-24-7-1-5-11-28(24)34(31)29-12-6-2-8-25(29)30)45-38-19-22-15-23(20-38)18-37(17-22,21-38)36(40)44-32-13-14-33(46(41,42)43)27-10-4-3-9-26(27)32/h1-2,5-8,11-14,22-23,30-31,34H,3-4,9-10,15-21H2,(H,41,42,43). The van der Waals surface area contributed by atoms with E-state index in [4.69, 9.17) is 9.47 Å². The number of hydrogen-bond donors (Lipinski definition) is 1. The Morgan fingerprint density at radius 1 is 0.761 bits per heavy atom. The molecule has 8 aliphatic carbocycles. The molecule has 6 bridgehead atoms. The first-order valence-corrected chi connectivity index (χ1v) is 18.3. The Morgan fingerprint density at radius 3 is 2.00 bits per heavy atom. The van der Waals surface area contributed by atoms with Gasteiger partial charge in [0.25, 0.3) is 10.1 Å². The van der Waals surface area contributed by atoms with Crippen molar-refractivity contribution in [2.45, 2.75) is 93.0 Å². The Hall–Kier alpha value is -3.49. The summed E-state index contributed by atoms with van der Waals surface area (Å²) in [7, 11) is -4.38. The van der Waals surface area contributed by atoms with E-state index < -0.39 is 21.1 Å². The van der Waals surface area contributed by atoms with E-state index in [1.54, 1.807) is 0 Å². The predicted octanol–water partition coefficient (Wildman–Crippen LogP) is 6.90. The molecule has 0 heterocycles. The van der Waals surface area contributed by atoms with Crippen LogP contribution in [0.5, 0.6) is 5.75 Å². The Balaban J connectivity index is 1.00. The minimum absolute atomic E-state index is 0.0328. The summed E-state index contributed by atoms with van der Waals surface area (Å²) in [5, 5.41) is 0. The molecule has 3 atom stereocenters. The number of ether oxygens (including phenoxy) is 2. The molecule has 238 valence electrons. The molecule has 7 nitrogen and oxygen atoms in total. The van der Waals surface area contributed by atoms with E-state index in [9.17, 15) is 22.6 Å². The van der Waals surface area contributed by atoms with Crippen molar-refractivity contribution in [2.75, 3.05) is 0 Å². The van der Waals surface area contributed by atoms with Crippen LogP contribution in [0.15, 0.2) is 65.6 Å². The van der Waals surface area contributed by atoms with E-state index in [1.807, 2.05) is 0 Å². The van der Waals surface area contributed by atoms with Crippen LogP contribution in [-0.2, 0) is 37.3 Å². The van der Waals surface area contributed by atoms with Crippen molar-refractivity contribution >= 4 is 22.1 Å². The third kappa shape index (κ3) is 4.28. The van der Waals surface area contributed by atoms with E-state index in [0.717, 1.165) is 51.4 Å². The Morgan fingerprint density at radius 2 is 1.37 bits per heavy atom. The van der Waals surface area contributed by atoms with Crippen LogP contribution in [0, 0.1) is 23.2 Å². The minimum atomic E-state index is -4.38. The van der Waals surface area contributed by atoms with Gasteiger partial charge in [-0.1, -0.05) is 48.5 Å². The molecule has 0 spiro atoms. The highest BCUT2D eigenvalue weighted by Gasteiger charge is 2.64. The van der Waals surface area contributed by atoms with Gasteiger partial charge in [-0.05, 0) is 122 Å². The minimum Gasteiger partial charge on any atom is -0.459 e. The van der Waals surface area contributed by atoms with Gasteiger partial charge in [0.2, 0.25) is 0 Å². The first-order valence-electron chi connectivity index (χ1n) is 16.9. The van der Waals surface area contributed by atoms with Gasteiger partial charge in [0.05, 0.1) is 16.2 Å². The lowest BCUT2D eigenvalue weighted by atomic mass is 9.48. The Labute approximate surface area is 269 Å². The van der Waals surface area contributed by atoms with Gasteiger partial charge in [-0.15, -0.1) is 0 Å². The third-order valence-electron chi connectivity index (χ3n) is 12.3. The predicted molar refractivity (Wildman–Crippen MR) is 169 cm³/mol. The Kier molecular flexibility index (Phi) is 6.25. The summed E-state index contributed by atoms with van der Waals surface area (Å²) in [5.74, 6) is 0.417. The number of benzene rings is 3. The lowest BCUT2D eigenvalue weighted by Crippen LogP contribution is -2.61. The van der Waals surface area contributed by atoms with Gasteiger partial charge in [-0.3, -0.25) is 14.1 Å². The highest BCUT2D eigenvalue weighted by Crippen LogP contribution is 2.64. The van der Waals surface area contributed by atoms with E-state index in [0.29, 0.717) is 48.0 Å². The van der Waals surface area contributed by atoms with Gasteiger partial charge < -0.3 is 9.47 Å². The van der Waals surface area contributed by atoms with Crippen molar-refractivity contribution in [3.8, 4) is 5.75 Å². The summed E-state index contributed by atoms with van der Waals surface area (Å²) in [4.78, 5) is 28.4. The molecule has 3 unspecified atom stereocenters. The fourth-order valence-electron chi connectivity index (χ4n) is 11.0. The van der Waals surface area contributed by atoms with Crippen LogP contribution in [0.4, 0.5) is 0 Å². The van der Waals surface area contributed by atoms with Crippen LogP contribution in [0.25, 0.3) is 0 Å². The molecule has 4 saturated carbocycles. The molecule has 46 heavy (non-hydrogen) atoms. The maximum atomic E-state index is 14.3. The average molecular weight is 639 g/mol. The summed E-state index contributed by atoms with van der Waals surface area (Å²) in [6.45, 7) is 0. The SMILES string of the molecule is O=C(OC12CC3CC(C1)CC(C(=O)Oc1ccc(S(=O)(=O)O)c4c1CCCC4)(C3)C2)C1CC2c3ccccc3C1c1ccccc12. The van der Waals surface area contributed by atoms with Crippen molar-refractivity contribution < 1.29 is 32.0 Å². The molecule has 4 fully saturated rings. The summed E-state index contributed by atoms with van der Waals surface area (Å²) >= 11 is 0. The highest BCUT2D eigenvalue weighted by atomic mass is 32.2. The van der Waals surface area contributed by atoms with Crippen LogP contribution in [0.3, 0.4) is 0 Å². The van der Waals surface area contributed by atoms with E-state index in [-0.39, 0.29) is 34.6 Å². The number of esters is 2. The lowest BCUT2D eigenvalue weighted by Gasteiger charge is -2.60. The summed E-state index contributed by atoms with van der Waals surface area (Å²) in [6.07, 6.45) is 8.06. The smallest absolute Gasteiger partial charge is 0.317 e. The normalized spacial score (nSPS) is 33.1. The molecular formula is C38H38O7S. The van der Waals surface area contributed by atoms with Crippen LogP contribution < -0.4 is 4.74 Å². The van der Waals surface area contributed by atoms with Crippen molar-refractivity contribution in [2.24, 2.45) is 23.2 Å². The third-order valence-corrected chi connectivity index (χ3v) is 13.2. The highest BCUT2D eigenvalue weighted by molar-refractivity contribution is 7.85. The molecule has 11 rings (SSSR count). The number of rotatable bonds is 5. The van der Waals surface area contributed by atoms with Gasteiger partial charge >= 0.3 is 11.9 Å². The van der Waals surface area contributed by atoms with Gasteiger partial charge in [0.1, 0.15) is 11.4 Å². The van der Waals surface area contributed by atoms with Gasteiger partial charge in [-0.2, -0.15) is 8.42 Å². The van der Waals surface area contributed by atoms with Crippen LogP contribution in [0.2, 0.25) is 0 Å². The number of fused-ring (bicyclic) bond motifs is 2. The fourth-order valence-corrected chi connectivity index (χ4v) is 11.8. The quantitative estimate of drug-likeness (QED) is 0.184. The molecular weight excluding hydrogens is 600 g/mol. The average Bonchev–Trinajstić information content (AvgIpc) is 3.03. The first-order chi connectivity index (χ1) is 22.1. The Bertz CT molecular complexity index is 1850. The number of carbonyl (C=O) groups is 2. The molecule has 3 aromatic rings. The molecule has 0 radical (unpaired) electrons. The van der Waals surface area contributed by atoms with Crippen LogP contribution in [0.1, 0.15) is 103 Å². The lowest BCUT2D eigenvalue weighted by molar-refractivity contribution is -0.212. The van der Waals surface area contributed by atoms with Crippen molar-refractivity contribution in [1.82, 2.24) is 0 Å². The van der Waals surface area contributed by atoms with Gasteiger partial charge in [-0.25, -0.2) is 0 Å². The summed E-state index contributed by atoms with van der Waals surface area (Å²) in [5.41, 5.74) is 4.94. The molecule has 8 heteroatoms. The zero-order valence-electron chi connectivity index (χ0n) is 25.7. The first kappa shape index (κ1) is 28.7. The van der Waals surface area contributed by atoms with Crippen molar-refractivity contribution in [3.05, 3.63) is 94.0 Å². The zero-order chi connectivity index (χ0) is 31.4. The van der Waals surface area contributed by atoms with E-state index in [1.165, 1.54) is 34.4 Å². The topological polar surface area (TPSA) is 107 Å². The molecule has 0 amide bonds. The van der Waals surface area contributed by atoms with Gasteiger partial charge in [0, 0.05) is 18.3 Å². The molecule has 0 aromatic heterocycles. The van der Waals surface area contributed by atoms with Crippen LogP contribution >= 0.6 is 0 Å². The second-order valence-corrected chi connectivity index (χ2v) is 16.5. The van der Waals surface area contributed by atoms with Crippen molar-refractivity contribution in [3.63, 3.8) is 0 Å². The number of hydrogen-bond acceptors (Lipinski definition) is 6. The second kappa shape index (κ2) is 10.0. The molecule has 0 saturated heterocycles. The molecule has 3 aromatic carbocycles. The van der Waals surface area contributed by atoms with E-state index >= 15 is 0 Å². The maximum Gasteiger partial charge on any atom is 0.317 e. The van der Waals surface area contributed by atoms with Crippen molar-refractivity contribution in [1.29, 1.82) is 0 Å². The van der Waals surface area contributed by atoms with Crippen LogP contribution in [-0.4, -0.2) is 30.5 Å². The molecule has 0 aliphatic heterocycles. The molecule has 1 N–H and O–H groups in total. The zero-order valence-corrected chi connectivity index (χ0v) is 26.6. The van der Waals surface area contributed by atoms with Gasteiger partial charge in [0.15, 0.2) is 0 Å². The fraction of sp³-hybridized carbons (Fsp3) is 0.474. The number of carbonyl (C=O) groups excluding carboxylic acids is 2. The summed E-state index contributed by atoms with van der Waals surface area (Å²) < 4.78 is 46.9.